The minimum atomic E-state index is -3.59. The predicted molar refractivity (Wildman–Crippen MR) is 103 cm³/mol. The van der Waals surface area contributed by atoms with Crippen LogP contribution in [0, 0.1) is 0 Å². The van der Waals surface area contributed by atoms with Gasteiger partial charge in [-0.2, -0.15) is 0 Å². The van der Waals surface area contributed by atoms with Gasteiger partial charge < -0.3 is 9.47 Å². The molecule has 0 amide bonds. The monoisotopic (exact) mass is 377 g/mol. The molecular formula is C20H27NO4S. The van der Waals surface area contributed by atoms with Gasteiger partial charge in [0.1, 0.15) is 11.5 Å². The van der Waals surface area contributed by atoms with Crippen LogP contribution in [0.5, 0.6) is 11.5 Å². The topological polar surface area (TPSA) is 64.6 Å². The molecule has 26 heavy (non-hydrogen) atoms. The maximum absolute atomic E-state index is 12.5. The van der Waals surface area contributed by atoms with E-state index >= 15 is 0 Å². The lowest BCUT2D eigenvalue weighted by molar-refractivity contribution is 0.398. The molecule has 0 aliphatic carbocycles. The normalized spacial score (nSPS) is 11.3. The van der Waals surface area contributed by atoms with E-state index in [2.05, 4.69) is 11.6 Å². The first-order chi connectivity index (χ1) is 12.5. The minimum Gasteiger partial charge on any atom is -0.497 e. The zero-order valence-electron chi connectivity index (χ0n) is 15.6. The molecule has 0 aromatic heterocycles. The van der Waals surface area contributed by atoms with Gasteiger partial charge in [0, 0.05) is 12.1 Å². The molecule has 0 aliphatic rings. The van der Waals surface area contributed by atoms with Gasteiger partial charge in [-0.1, -0.05) is 31.9 Å². The van der Waals surface area contributed by atoms with E-state index in [1.807, 2.05) is 12.1 Å². The third-order valence-electron chi connectivity index (χ3n) is 4.24. The number of unbranched alkanes of at least 4 members (excludes halogenated alkanes) is 2. The van der Waals surface area contributed by atoms with E-state index in [1.54, 1.807) is 44.6 Å². The fourth-order valence-electron chi connectivity index (χ4n) is 2.69. The van der Waals surface area contributed by atoms with E-state index in [1.165, 1.54) is 12.8 Å². The fourth-order valence-corrected chi connectivity index (χ4v) is 3.70. The van der Waals surface area contributed by atoms with Crippen LogP contribution >= 0.6 is 0 Å². The maximum atomic E-state index is 12.5. The zero-order chi connectivity index (χ0) is 19.0. The lowest BCUT2D eigenvalue weighted by Gasteiger charge is -2.12. The Bertz CT molecular complexity index is 801. The van der Waals surface area contributed by atoms with Crippen molar-refractivity contribution in [3.8, 4) is 11.5 Å². The molecule has 142 valence electrons. The Hall–Kier alpha value is -2.05. The summed E-state index contributed by atoms with van der Waals surface area (Å²) in [6.07, 6.45) is 4.45. The van der Waals surface area contributed by atoms with Gasteiger partial charge in [-0.3, -0.25) is 0 Å². The summed E-state index contributed by atoms with van der Waals surface area (Å²) in [5.74, 6) is 1.26. The van der Waals surface area contributed by atoms with Gasteiger partial charge in [-0.05, 0) is 48.7 Å². The van der Waals surface area contributed by atoms with Crippen LogP contribution in [-0.4, -0.2) is 22.6 Å². The highest BCUT2D eigenvalue weighted by atomic mass is 32.2. The molecule has 0 aliphatic heterocycles. The Balaban J connectivity index is 2.07. The van der Waals surface area contributed by atoms with E-state index in [0.29, 0.717) is 17.1 Å². The largest absolute Gasteiger partial charge is 0.497 e. The minimum absolute atomic E-state index is 0.126. The van der Waals surface area contributed by atoms with E-state index in [4.69, 9.17) is 9.47 Å². The molecule has 0 unspecified atom stereocenters. The summed E-state index contributed by atoms with van der Waals surface area (Å²) in [5, 5.41) is 0. The van der Waals surface area contributed by atoms with E-state index < -0.39 is 10.0 Å². The van der Waals surface area contributed by atoms with Gasteiger partial charge in [0.05, 0.1) is 19.1 Å². The second kappa shape index (κ2) is 9.59. The highest BCUT2D eigenvalue weighted by Crippen LogP contribution is 2.24. The van der Waals surface area contributed by atoms with Crippen molar-refractivity contribution in [1.29, 1.82) is 0 Å². The smallest absolute Gasteiger partial charge is 0.240 e. The van der Waals surface area contributed by atoms with Crippen LogP contribution in [0.2, 0.25) is 0 Å². The average Bonchev–Trinajstić information content (AvgIpc) is 2.66. The second-order valence-electron chi connectivity index (χ2n) is 6.10. The van der Waals surface area contributed by atoms with Gasteiger partial charge in [0.2, 0.25) is 10.0 Å². The number of benzene rings is 2. The van der Waals surface area contributed by atoms with Crippen molar-refractivity contribution < 1.29 is 17.9 Å². The maximum Gasteiger partial charge on any atom is 0.240 e. The van der Waals surface area contributed by atoms with Crippen LogP contribution in [0.3, 0.4) is 0 Å². The third-order valence-corrected chi connectivity index (χ3v) is 5.66. The predicted octanol–water partition coefficient (Wildman–Crippen LogP) is 3.92. The van der Waals surface area contributed by atoms with Gasteiger partial charge in [-0.25, -0.2) is 13.1 Å². The average molecular weight is 378 g/mol. The summed E-state index contributed by atoms with van der Waals surface area (Å²) in [6, 6.07) is 12.4. The summed E-state index contributed by atoms with van der Waals surface area (Å²) < 4.78 is 38.2. The number of rotatable bonds is 10. The quantitative estimate of drug-likeness (QED) is 0.638. The van der Waals surface area contributed by atoms with Crippen LogP contribution < -0.4 is 14.2 Å². The molecular weight excluding hydrogens is 350 g/mol. The molecule has 1 N–H and O–H groups in total. The molecule has 0 radical (unpaired) electrons. The van der Waals surface area contributed by atoms with Crippen LogP contribution in [0.1, 0.15) is 37.3 Å². The molecule has 2 aromatic carbocycles. The fraction of sp³-hybridized carbons (Fsp3) is 0.400. The Kier molecular flexibility index (Phi) is 7.48. The van der Waals surface area contributed by atoms with Crippen LogP contribution in [0.25, 0.3) is 0 Å². The van der Waals surface area contributed by atoms with Gasteiger partial charge in [0.25, 0.3) is 0 Å². The molecule has 0 saturated heterocycles. The zero-order valence-corrected chi connectivity index (χ0v) is 16.4. The summed E-state index contributed by atoms with van der Waals surface area (Å²) in [7, 11) is -0.471. The molecule has 0 bridgehead atoms. The number of methoxy groups -OCH3 is 2. The molecule has 2 aromatic rings. The number of aryl methyl sites for hydroxylation is 1. The summed E-state index contributed by atoms with van der Waals surface area (Å²) >= 11 is 0. The molecule has 5 nitrogen and oxygen atoms in total. The highest BCUT2D eigenvalue weighted by molar-refractivity contribution is 7.89. The number of hydrogen-bond donors (Lipinski definition) is 1. The second-order valence-corrected chi connectivity index (χ2v) is 7.87. The molecule has 0 atom stereocenters. The van der Waals surface area contributed by atoms with E-state index in [0.717, 1.165) is 18.4 Å². The van der Waals surface area contributed by atoms with Crippen molar-refractivity contribution in [1.82, 2.24) is 4.72 Å². The molecule has 0 spiro atoms. The lowest BCUT2D eigenvalue weighted by atomic mass is 10.1. The van der Waals surface area contributed by atoms with Crippen molar-refractivity contribution in [3.05, 3.63) is 53.6 Å². The molecule has 0 heterocycles. The van der Waals surface area contributed by atoms with Gasteiger partial charge in [0.15, 0.2) is 0 Å². The first kappa shape index (κ1) is 20.3. The Labute approximate surface area is 156 Å². The van der Waals surface area contributed by atoms with Crippen LogP contribution in [0.4, 0.5) is 0 Å². The van der Waals surface area contributed by atoms with Crippen molar-refractivity contribution in [2.75, 3.05) is 14.2 Å². The Morgan fingerprint density at radius 3 is 2.31 bits per heavy atom. The van der Waals surface area contributed by atoms with Crippen LogP contribution in [0.15, 0.2) is 47.4 Å². The van der Waals surface area contributed by atoms with E-state index in [-0.39, 0.29) is 11.4 Å². The van der Waals surface area contributed by atoms with Crippen LogP contribution in [-0.2, 0) is 23.0 Å². The van der Waals surface area contributed by atoms with Gasteiger partial charge >= 0.3 is 0 Å². The lowest BCUT2D eigenvalue weighted by Crippen LogP contribution is -2.23. The Morgan fingerprint density at radius 1 is 0.962 bits per heavy atom. The van der Waals surface area contributed by atoms with Crippen molar-refractivity contribution >= 4 is 10.0 Å². The molecule has 0 saturated carbocycles. The van der Waals surface area contributed by atoms with Crippen molar-refractivity contribution in [3.63, 3.8) is 0 Å². The standard InChI is InChI=1S/C20H27NO4S/c1-4-5-6-7-16-8-11-19(12-9-16)26(22,23)21-15-17-14-18(24-2)10-13-20(17)25-3/h8-14,21H,4-7,15H2,1-3H3. The van der Waals surface area contributed by atoms with Gasteiger partial charge in [-0.15, -0.1) is 0 Å². The third kappa shape index (κ3) is 5.47. The number of nitrogens with one attached hydrogen (secondary N) is 1. The number of hydrogen-bond acceptors (Lipinski definition) is 4. The summed E-state index contributed by atoms with van der Waals surface area (Å²) in [5.41, 5.74) is 1.87. The van der Waals surface area contributed by atoms with Crippen molar-refractivity contribution in [2.45, 2.75) is 44.0 Å². The molecule has 2 rings (SSSR count). The Morgan fingerprint density at radius 2 is 1.69 bits per heavy atom. The number of ether oxygens (including phenoxy) is 2. The molecule has 6 heteroatoms. The first-order valence-electron chi connectivity index (χ1n) is 8.79. The number of sulfonamides is 1. The highest BCUT2D eigenvalue weighted by Gasteiger charge is 2.15. The summed E-state index contributed by atoms with van der Waals surface area (Å²) in [4.78, 5) is 0.263. The van der Waals surface area contributed by atoms with Crippen molar-refractivity contribution in [2.24, 2.45) is 0 Å². The first-order valence-corrected chi connectivity index (χ1v) is 10.3. The SMILES string of the molecule is CCCCCc1ccc(S(=O)(=O)NCc2cc(OC)ccc2OC)cc1. The van der Waals surface area contributed by atoms with E-state index in [9.17, 15) is 8.42 Å². The molecule has 0 fully saturated rings. The summed E-state index contributed by atoms with van der Waals surface area (Å²) in [6.45, 7) is 2.29.